The lowest BCUT2D eigenvalue weighted by Crippen LogP contribution is -2.47. The van der Waals surface area contributed by atoms with Crippen LogP contribution in [-0.4, -0.2) is 83.5 Å². The smallest absolute Gasteiger partial charge is 0.327 e. The van der Waals surface area contributed by atoms with Crippen molar-refractivity contribution in [3.05, 3.63) is 0 Å². The molecule has 182 valence electrons. The zero-order valence-electron chi connectivity index (χ0n) is 18.1. The first-order valence-corrected chi connectivity index (χ1v) is 12.3. The zero-order valence-corrected chi connectivity index (χ0v) is 19.9. The summed E-state index contributed by atoms with van der Waals surface area (Å²) in [5.41, 5.74) is -1.27. The number of aliphatic hydroxyl groups excluding tert-OH is 1. The molecule has 0 aromatic heterocycles. The van der Waals surface area contributed by atoms with Crippen LogP contribution in [0.4, 0.5) is 0 Å². The summed E-state index contributed by atoms with van der Waals surface area (Å²) < 4.78 is 32.8. The van der Waals surface area contributed by atoms with E-state index in [2.05, 4.69) is 0 Å². The van der Waals surface area contributed by atoms with E-state index in [1.54, 1.807) is 6.92 Å². The summed E-state index contributed by atoms with van der Waals surface area (Å²) in [5.74, 6) is -1.43. The van der Waals surface area contributed by atoms with Gasteiger partial charge < -0.3 is 52.7 Å². The highest BCUT2D eigenvalue weighted by Crippen LogP contribution is 2.34. The predicted molar refractivity (Wildman–Crippen MR) is 111 cm³/mol. The molecule has 0 amide bonds. The fourth-order valence-corrected chi connectivity index (χ4v) is 3.04. The molecular formula is C17H38O11P2. The van der Waals surface area contributed by atoms with Gasteiger partial charge in [0.15, 0.2) is 0 Å². The minimum Gasteiger partial charge on any atom is -0.396 e. The third-order valence-corrected chi connectivity index (χ3v) is 4.72. The van der Waals surface area contributed by atoms with E-state index in [1.807, 2.05) is 13.8 Å². The Bertz CT molecular complexity index is 380. The van der Waals surface area contributed by atoms with Crippen molar-refractivity contribution in [2.24, 2.45) is 5.41 Å². The molecule has 0 unspecified atom stereocenters. The molecule has 0 fully saturated rings. The molecule has 0 heterocycles. The maximum absolute atomic E-state index is 9.84. The molecule has 0 aliphatic heterocycles. The highest BCUT2D eigenvalue weighted by atomic mass is 31.2. The second-order valence-electron chi connectivity index (χ2n) is 6.72. The number of hydrogen-bond acceptors (Lipinski definition) is 11. The second-order valence-corrected chi connectivity index (χ2v) is 8.25. The minimum atomic E-state index is -2.68. The zero-order chi connectivity index (χ0) is 22.9. The van der Waals surface area contributed by atoms with Crippen molar-refractivity contribution in [1.29, 1.82) is 0 Å². The largest absolute Gasteiger partial charge is 0.396 e. The van der Waals surface area contributed by atoms with Crippen molar-refractivity contribution >= 4 is 17.2 Å². The van der Waals surface area contributed by atoms with Crippen LogP contribution >= 0.6 is 17.2 Å². The summed E-state index contributed by atoms with van der Waals surface area (Å²) in [6.07, 6.45) is 3.47. The Morgan fingerprint density at radius 1 is 0.700 bits per heavy atom. The normalized spacial score (nSPS) is 13.0. The van der Waals surface area contributed by atoms with Gasteiger partial charge in [-0.25, -0.2) is 0 Å². The van der Waals surface area contributed by atoms with Gasteiger partial charge in [-0.05, 0) is 19.8 Å². The third kappa shape index (κ3) is 13.8. The molecule has 0 saturated carbocycles. The van der Waals surface area contributed by atoms with Crippen molar-refractivity contribution in [3.8, 4) is 0 Å². The lowest BCUT2D eigenvalue weighted by Gasteiger charge is -2.35. The van der Waals surface area contributed by atoms with Crippen molar-refractivity contribution < 1.29 is 52.7 Å². The maximum Gasteiger partial charge on any atom is 0.327 e. The molecule has 0 saturated heterocycles. The molecule has 0 aliphatic rings. The molecule has 0 aromatic carbocycles. The predicted octanol–water partition coefficient (Wildman–Crippen LogP) is 1.76. The van der Waals surface area contributed by atoms with Crippen molar-refractivity contribution in [1.82, 2.24) is 0 Å². The van der Waals surface area contributed by atoms with Crippen LogP contribution in [0, 0.1) is 5.41 Å². The number of rotatable bonds is 21. The Labute approximate surface area is 181 Å². The van der Waals surface area contributed by atoms with Crippen LogP contribution in [0.1, 0.15) is 46.5 Å². The average molecular weight is 480 g/mol. The summed E-state index contributed by atoms with van der Waals surface area (Å²) in [6.45, 7) is 5.45. The van der Waals surface area contributed by atoms with E-state index in [9.17, 15) is 5.11 Å². The van der Waals surface area contributed by atoms with Gasteiger partial charge in [-0.1, -0.05) is 26.7 Å². The van der Waals surface area contributed by atoms with Crippen LogP contribution in [0.15, 0.2) is 0 Å². The summed E-state index contributed by atoms with van der Waals surface area (Å²) in [4.78, 5) is 36.1. The quantitative estimate of drug-likeness (QED) is 0.0926. The van der Waals surface area contributed by atoms with Gasteiger partial charge in [0, 0.05) is 6.61 Å². The van der Waals surface area contributed by atoms with Gasteiger partial charge in [-0.15, -0.1) is 0 Å². The van der Waals surface area contributed by atoms with Crippen molar-refractivity contribution in [2.75, 3.05) is 52.9 Å². The number of hydrogen-bond donors (Lipinski definition) is 5. The van der Waals surface area contributed by atoms with Crippen LogP contribution in [0.5, 0.6) is 0 Å². The van der Waals surface area contributed by atoms with E-state index in [0.29, 0.717) is 19.8 Å². The first-order valence-electron chi connectivity index (χ1n) is 10.0. The second kappa shape index (κ2) is 17.9. The summed E-state index contributed by atoms with van der Waals surface area (Å²) >= 11 is 0. The van der Waals surface area contributed by atoms with E-state index in [4.69, 9.17) is 47.6 Å². The lowest BCUT2D eigenvalue weighted by atomic mass is 9.93. The molecule has 0 radical (unpaired) electrons. The van der Waals surface area contributed by atoms with Gasteiger partial charge >= 0.3 is 23.2 Å². The Kier molecular flexibility index (Phi) is 18.2. The Hall–Kier alpha value is 0.420. The SMILES string of the molecule is CCCCOC(COCC(CO)(COP(O)O)COP(O)O)(OCC)OCCCC. The standard InChI is InChI=1S/C17H38O11P2/c1-4-7-9-25-17(24-6-3,26-10-8-5-2)15-23-12-16(11-18,13-27-29(19)20)14-28-30(21)22/h18-22H,4-15H2,1-3H3. The molecule has 5 N–H and O–H groups in total. The lowest BCUT2D eigenvalue weighted by molar-refractivity contribution is -0.395. The Morgan fingerprint density at radius 3 is 1.57 bits per heavy atom. The van der Waals surface area contributed by atoms with Gasteiger partial charge in [-0.2, -0.15) is 0 Å². The van der Waals surface area contributed by atoms with E-state index in [1.165, 1.54) is 0 Å². The fraction of sp³-hybridized carbons (Fsp3) is 1.00. The van der Waals surface area contributed by atoms with Crippen LogP contribution in [0.2, 0.25) is 0 Å². The molecule has 11 nitrogen and oxygen atoms in total. The van der Waals surface area contributed by atoms with Gasteiger partial charge in [0.2, 0.25) is 0 Å². The van der Waals surface area contributed by atoms with Crippen LogP contribution in [-0.2, 0) is 28.0 Å². The maximum atomic E-state index is 9.84. The van der Waals surface area contributed by atoms with Crippen LogP contribution < -0.4 is 0 Å². The molecule has 13 heteroatoms. The Balaban J connectivity index is 5.18. The molecule has 0 bridgehead atoms. The molecule has 0 aliphatic carbocycles. The molecular weight excluding hydrogens is 442 g/mol. The number of ether oxygens (including phenoxy) is 4. The highest BCUT2D eigenvalue weighted by Gasteiger charge is 2.38. The Morgan fingerprint density at radius 2 is 1.20 bits per heavy atom. The number of aliphatic hydroxyl groups is 1. The monoisotopic (exact) mass is 480 g/mol. The van der Waals surface area contributed by atoms with E-state index >= 15 is 0 Å². The fourth-order valence-electron chi connectivity index (χ4n) is 2.26. The van der Waals surface area contributed by atoms with Crippen molar-refractivity contribution in [2.45, 2.75) is 52.4 Å². The highest BCUT2D eigenvalue weighted by molar-refractivity contribution is 7.39. The first-order chi connectivity index (χ1) is 14.3. The molecule has 0 rings (SSSR count). The number of unbranched alkanes of at least 4 members (excludes halogenated alkanes) is 2. The minimum absolute atomic E-state index is 0.129. The van der Waals surface area contributed by atoms with Crippen LogP contribution in [0.25, 0.3) is 0 Å². The van der Waals surface area contributed by atoms with Crippen molar-refractivity contribution in [3.63, 3.8) is 0 Å². The first kappa shape index (κ1) is 30.4. The van der Waals surface area contributed by atoms with Gasteiger partial charge in [0.25, 0.3) is 0 Å². The molecule has 0 spiro atoms. The topological polar surface area (TPSA) is 157 Å². The summed E-state index contributed by atoms with van der Waals surface area (Å²) in [7, 11) is -5.35. The molecule has 0 aromatic rings. The van der Waals surface area contributed by atoms with Crippen LogP contribution in [0.3, 0.4) is 0 Å². The third-order valence-electron chi connectivity index (χ3n) is 4.00. The summed E-state index contributed by atoms with van der Waals surface area (Å²) in [5, 5.41) is 9.84. The van der Waals surface area contributed by atoms with Gasteiger partial charge in [0.1, 0.15) is 6.61 Å². The summed E-state index contributed by atoms with van der Waals surface area (Å²) in [6, 6.07) is 0. The average Bonchev–Trinajstić information content (AvgIpc) is 2.70. The van der Waals surface area contributed by atoms with E-state index in [-0.39, 0.29) is 26.4 Å². The van der Waals surface area contributed by atoms with Gasteiger partial charge in [-0.3, -0.25) is 0 Å². The molecule has 30 heavy (non-hydrogen) atoms. The molecule has 0 atom stereocenters. The van der Waals surface area contributed by atoms with E-state index < -0.39 is 35.2 Å². The van der Waals surface area contributed by atoms with E-state index in [0.717, 1.165) is 25.7 Å². The van der Waals surface area contributed by atoms with Gasteiger partial charge in [0.05, 0.1) is 45.1 Å².